The fraction of sp³-hybridized carbons (Fsp3) is 0.723. The summed E-state index contributed by atoms with van der Waals surface area (Å²) in [6.07, 6.45) is 9.28. The Morgan fingerprint density at radius 3 is 2.33 bits per heavy atom. The summed E-state index contributed by atoms with van der Waals surface area (Å²) in [5.41, 5.74) is 1.71. The molecule has 7 rings (SSSR count). The summed E-state index contributed by atoms with van der Waals surface area (Å²) >= 11 is 0. The Morgan fingerprint density at radius 1 is 0.983 bits per heavy atom. The Kier molecular flexibility index (Phi) is 10.6. The number of fused-ring (bicyclic) bond motifs is 7. The van der Waals surface area contributed by atoms with Gasteiger partial charge in [0.25, 0.3) is 5.56 Å². The molecular weight excluding hydrogens is 733 g/mol. The smallest absolute Gasteiger partial charge is 0.309 e. The molecule has 318 valence electrons. The van der Waals surface area contributed by atoms with E-state index in [0.29, 0.717) is 42.9 Å². The number of nitrogens with one attached hydrogen (secondary N) is 1. The lowest BCUT2D eigenvalue weighted by Crippen LogP contribution is -2.66. The predicted molar refractivity (Wildman–Crippen MR) is 223 cm³/mol. The summed E-state index contributed by atoms with van der Waals surface area (Å²) < 4.78 is 15.4. The molecule has 2 N–H and O–H groups in total. The van der Waals surface area contributed by atoms with Gasteiger partial charge in [0.05, 0.1) is 43.1 Å². The Morgan fingerprint density at radius 2 is 1.71 bits per heavy atom. The van der Waals surface area contributed by atoms with E-state index in [1.807, 2.05) is 19.2 Å². The number of aliphatic carboxylic acids is 1. The molecule has 0 unspecified atom stereocenters. The van der Waals surface area contributed by atoms with Crippen molar-refractivity contribution >= 4 is 17.7 Å². The number of methoxy groups -OCH3 is 1. The number of likely N-dealkylation sites (N-methyl/N-ethyl adjacent to an activating group) is 1. The first-order chi connectivity index (χ1) is 27.1. The number of rotatable bonds is 11. The second kappa shape index (κ2) is 14.5. The molecule has 11 nitrogen and oxygen atoms in total. The Bertz CT molecular complexity index is 2060. The largest absolute Gasteiger partial charge is 0.481 e. The number of hydrogen-bond donors (Lipinski definition) is 2. The van der Waals surface area contributed by atoms with E-state index in [1.54, 1.807) is 37.9 Å². The number of Topliss-reactive ketones (excluding diaryl/α,β-unsaturated/α-hetero) is 1. The number of carboxylic acids is 1. The summed E-state index contributed by atoms with van der Waals surface area (Å²) in [5.74, 6) is 0.337. The number of aromatic nitrogens is 3. The van der Waals surface area contributed by atoms with Gasteiger partial charge in [-0.05, 0) is 129 Å². The number of carboxylic acid groups (broad SMARTS) is 1. The maximum atomic E-state index is 14.5. The topological polar surface area (TPSA) is 142 Å². The van der Waals surface area contributed by atoms with Gasteiger partial charge >= 0.3 is 11.9 Å². The quantitative estimate of drug-likeness (QED) is 0.217. The van der Waals surface area contributed by atoms with Crippen molar-refractivity contribution in [2.24, 2.45) is 50.7 Å². The zero-order valence-electron chi connectivity index (χ0n) is 36.9. The first-order valence-corrected chi connectivity index (χ1v) is 21.8. The molecule has 0 saturated heterocycles. The van der Waals surface area contributed by atoms with Gasteiger partial charge in [0.1, 0.15) is 6.10 Å². The lowest BCUT2D eigenvalue weighted by molar-refractivity contribution is -0.232. The van der Waals surface area contributed by atoms with Crippen molar-refractivity contribution in [3.8, 4) is 11.6 Å². The molecule has 2 heterocycles. The molecule has 0 spiro atoms. The van der Waals surface area contributed by atoms with Gasteiger partial charge in [-0.1, -0.05) is 48.5 Å². The van der Waals surface area contributed by atoms with Gasteiger partial charge in [-0.3, -0.25) is 23.9 Å². The lowest BCUT2D eigenvalue weighted by Gasteiger charge is -2.72. The number of hydrogen-bond acceptors (Lipinski definition) is 8. The molecule has 11 heteroatoms. The number of esters is 1. The van der Waals surface area contributed by atoms with Gasteiger partial charge < -0.3 is 19.9 Å². The van der Waals surface area contributed by atoms with Gasteiger partial charge in [-0.25, -0.2) is 9.67 Å². The van der Waals surface area contributed by atoms with Crippen LogP contribution in [0.3, 0.4) is 0 Å². The van der Waals surface area contributed by atoms with Crippen molar-refractivity contribution in [1.82, 2.24) is 19.7 Å². The van der Waals surface area contributed by atoms with Crippen LogP contribution in [0.1, 0.15) is 132 Å². The number of allylic oxidation sites excluding steroid dienone is 2. The van der Waals surface area contributed by atoms with Gasteiger partial charge in [0.15, 0.2) is 5.78 Å². The van der Waals surface area contributed by atoms with Crippen LogP contribution in [0, 0.1) is 50.7 Å². The normalized spacial score (nSPS) is 34.2. The highest BCUT2D eigenvalue weighted by Crippen LogP contribution is 2.77. The summed E-state index contributed by atoms with van der Waals surface area (Å²) in [7, 11) is 3.50. The minimum absolute atomic E-state index is 0.00561. The van der Waals surface area contributed by atoms with E-state index in [2.05, 4.69) is 63.4 Å². The number of nitrogens with zero attached hydrogens (tertiary/aromatic N) is 3. The molecule has 8 atom stereocenters. The van der Waals surface area contributed by atoms with Crippen LogP contribution >= 0.6 is 0 Å². The van der Waals surface area contributed by atoms with Crippen molar-refractivity contribution in [1.29, 1.82) is 0 Å². The maximum Gasteiger partial charge on any atom is 0.309 e. The van der Waals surface area contributed by atoms with Gasteiger partial charge in [0.2, 0.25) is 5.88 Å². The first-order valence-electron chi connectivity index (χ1n) is 21.8. The minimum atomic E-state index is -1.18. The molecule has 5 aliphatic carbocycles. The Labute approximate surface area is 344 Å². The average Bonchev–Trinajstić information content (AvgIpc) is 3.65. The molecule has 2 aromatic rings. The Hall–Kier alpha value is -3.73. The van der Waals surface area contributed by atoms with Crippen LogP contribution in [0.15, 0.2) is 40.3 Å². The van der Waals surface area contributed by atoms with Crippen LogP contribution in [-0.2, 0) is 31.1 Å². The number of carbonyl (C=O) groups excluding carboxylic acids is 2. The average molecular weight is 801 g/mol. The van der Waals surface area contributed by atoms with Crippen LogP contribution in [-0.4, -0.2) is 64.0 Å². The third-order valence-electron chi connectivity index (χ3n) is 17.0. The monoisotopic (exact) mass is 801 g/mol. The van der Waals surface area contributed by atoms with Crippen LogP contribution in [0.5, 0.6) is 5.88 Å². The molecule has 58 heavy (non-hydrogen) atoms. The highest BCUT2D eigenvalue weighted by atomic mass is 16.5. The SMILES string of the molecule is CNCCn1c([C@@]23CC[C@]4(C)[C@H](CC[C@@H]5[C@@]6(C)CC[C@H](OC(=O)CC(C)(C)C(=O)O)C(C)(C)[C@@H]6CC[C@]54C)C2=C(C(C)C)C(=O)C3)cc(=O)n1-c1ccc(OC)nc1. The second-order valence-electron chi connectivity index (χ2n) is 20.9. The van der Waals surface area contributed by atoms with Crippen LogP contribution in [0.2, 0.25) is 0 Å². The van der Waals surface area contributed by atoms with E-state index in [4.69, 9.17) is 9.47 Å². The highest BCUT2D eigenvalue weighted by molar-refractivity contribution is 6.01. The summed E-state index contributed by atoms with van der Waals surface area (Å²) in [6.45, 7) is 20.9. The van der Waals surface area contributed by atoms with Gasteiger partial charge in [-0.2, -0.15) is 0 Å². The predicted octanol–water partition coefficient (Wildman–Crippen LogP) is 7.91. The molecule has 4 fully saturated rings. The molecule has 2 aromatic heterocycles. The summed E-state index contributed by atoms with van der Waals surface area (Å²) in [4.78, 5) is 58.2. The maximum absolute atomic E-state index is 14.5. The molecule has 0 aromatic carbocycles. The van der Waals surface area contributed by atoms with E-state index < -0.39 is 22.8 Å². The van der Waals surface area contributed by atoms with E-state index >= 15 is 0 Å². The van der Waals surface area contributed by atoms with Crippen molar-refractivity contribution in [2.45, 2.75) is 145 Å². The minimum Gasteiger partial charge on any atom is -0.481 e. The Balaban J connectivity index is 1.26. The van der Waals surface area contributed by atoms with Crippen LogP contribution in [0.4, 0.5) is 0 Å². The number of ether oxygens (including phenoxy) is 2. The number of carbonyl (C=O) groups is 3. The zero-order chi connectivity index (χ0) is 42.4. The van der Waals surface area contributed by atoms with Gasteiger partial charge in [-0.15, -0.1) is 0 Å². The fourth-order valence-corrected chi connectivity index (χ4v) is 13.9. The standard InChI is InChI=1S/C47H68N4O7/c1-28(2)39-31(52)25-47(34-24-37(53)51(50(34)23-22-48-10)29-12-15-36(57-11)49-27-29)21-20-45(8)30(40(39)47)13-14-33-44(7)18-17-35(58-38(54)26-42(3,4)41(55)56)43(5,6)32(44)16-19-46(33,45)9/h12,15,24,27-28,30,32-33,35,48H,13-14,16-23,25-26H2,1-11H3,(H,55,56)/t30-,32+,33-,35+,44+,45-,46-,47+/m1/s1. The van der Waals surface area contributed by atoms with Crippen molar-refractivity contribution in [2.75, 3.05) is 20.7 Å². The molecule has 0 amide bonds. The molecule has 4 saturated carbocycles. The molecule has 0 radical (unpaired) electrons. The summed E-state index contributed by atoms with van der Waals surface area (Å²) in [5, 5.41) is 13.0. The fourth-order valence-electron chi connectivity index (χ4n) is 13.9. The van der Waals surface area contributed by atoms with E-state index in [1.165, 1.54) is 5.57 Å². The number of ketones is 1. The third-order valence-corrected chi connectivity index (χ3v) is 17.0. The van der Waals surface area contributed by atoms with Crippen molar-refractivity contribution in [3.63, 3.8) is 0 Å². The molecule has 0 aliphatic heterocycles. The molecule has 0 bridgehead atoms. The third kappa shape index (κ3) is 6.17. The van der Waals surface area contributed by atoms with Gasteiger partial charge in [0, 0.05) is 35.9 Å². The van der Waals surface area contributed by atoms with Crippen molar-refractivity contribution < 1.29 is 29.0 Å². The zero-order valence-corrected chi connectivity index (χ0v) is 36.9. The molecule has 5 aliphatic rings. The van der Waals surface area contributed by atoms with E-state index in [0.717, 1.165) is 62.6 Å². The summed E-state index contributed by atoms with van der Waals surface area (Å²) in [6, 6.07) is 5.46. The first kappa shape index (κ1) is 42.4. The van der Waals surface area contributed by atoms with E-state index in [9.17, 15) is 24.3 Å². The lowest BCUT2D eigenvalue weighted by atomic mass is 9.33. The van der Waals surface area contributed by atoms with Crippen LogP contribution in [0.25, 0.3) is 5.69 Å². The van der Waals surface area contributed by atoms with Crippen molar-refractivity contribution in [3.05, 3.63) is 51.6 Å². The number of pyridine rings is 1. The molecular formula is C47H68N4O7. The van der Waals surface area contributed by atoms with E-state index in [-0.39, 0.29) is 57.4 Å². The highest BCUT2D eigenvalue weighted by Gasteiger charge is 2.70. The second-order valence-corrected chi connectivity index (χ2v) is 20.9. The van der Waals surface area contributed by atoms with Crippen LogP contribution < -0.4 is 15.6 Å².